The summed E-state index contributed by atoms with van der Waals surface area (Å²) in [6.07, 6.45) is 0. The predicted octanol–water partition coefficient (Wildman–Crippen LogP) is 3.87. The fourth-order valence-electron chi connectivity index (χ4n) is 3.18. The molecule has 4 nitrogen and oxygen atoms in total. The molecule has 0 saturated carbocycles. The van der Waals surface area contributed by atoms with Crippen molar-refractivity contribution in [3.63, 3.8) is 0 Å². The summed E-state index contributed by atoms with van der Waals surface area (Å²) in [5.41, 5.74) is 8.01. The molecule has 0 bridgehead atoms. The fraction of sp³-hybridized carbons (Fsp3) is 0.167. The molecule has 0 fully saturated rings. The first-order chi connectivity index (χ1) is 14.0. The summed E-state index contributed by atoms with van der Waals surface area (Å²) in [6, 6.07) is 20.5. The SMILES string of the molecule is Cc1nc(C)c(-c2ccccc2)n[c]1[Ir][c]1nc(-c2ccccc2)c(C)nc1C. The Labute approximate surface area is 179 Å². The maximum atomic E-state index is 5.03. The van der Waals surface area contributed by atoms with E-state index in [1.54, 1.807) is 0 Å². The van der Waals surface area contributed by atoms with Crippen molar-refractivity contribution >= 4 is 8.42 Å². The van der Waals surface area contributed by atoms with Gasteiger partial charge in [0, 0.05) is 0 Å². The van der Waals surface area contributed by atoms with Gasteiger partial charge in [-0.1, -0.05) is 0 Å². The van der Waals surface area contributed by atoms with Gasteiger partial charge in [-0.2, -0.15) is 0 Å². The molecule has 0 N–H and O–H groups in total. The third-order valence-corrected chi connectivity index (χ3v) is 7.99. The van der Waals surface area contributed by atoms with E-state index in [4.69, 9.17) is 19.9 Å². The molecule has 0 aliphatic rings. The van der Waals surface area contributed by atoms with Crippen molar-refractivity contribution < 1.29 is 17.7 Å². The Morgan fingerprint density at radius 3 is 1.24 bits per heavy atom. The Bertz CT molecular complexity index is 1070. The van der Waals surface area contributed by atoms with Crippen molar-refractivity contribution in [3.05, 3.63) is 83.4 Å². The van der Waals surface area contributed by atoms with E-state index in [0.29, 0.717) is 0 Å². The summed E-state index contributed by atoms with van der Waals surface area (Å²) in [5, 5.41) is 0. The molecular weight excluding hydrogens is 537 g/mol. The monoisotopic (exact) mass is 559 g/mol. The second-order valence-corrected chi connectivity index (χ2v) is 9.71. The number of hydrogen-bond acceptors (Lipinski definition) is 4. The molecule has 0 atom stereocenters. The Balaban J connectivity index is 1.77. The van der Waals surface area contributed by atoms with Gasteiger partial charge in [0.1, 0.15) is 0 Å². The van der Waals surface area contributed by atoms with Gasteiger partial charge in [0.15, 0.2) is 0 Å². The van der Waals surface area contributed by atoms with Crippen LogP contribution in [-0.2, 0) is 17.7 Å². The average Bonchev–Trinajstić information content (AvgIpc) is 2.73. The maximum absolute atomic E-state index is 5.03. The van der Waals surface area contributed by atoms with Crippen LogP contribution in [0.4, 0.5) is 0 Å². The molecule has 2 heterocycles. The number of rotatable bonds is 4. The summed E-state index contributed by atoms with van der Waals surface area (Å²) in [7, 11) is 0. The van der Waals surface area contributed by atoms with Crippen molar-refractivity contribution in [2.75, 3.05) is 0 Å². The van der Waals surface area contributed by atoms with Gasteiger partial charge in [-0.15, -0.1) is 0 Å². The van der Waals surface area contributed by atoms with E-state index in [1.807, 2.05) is 64.1 Å². The van der Waals surface area contributed by atoms with Crippen LogP contribution in [0.15, 0.2) is 60.7 Å². The van der Waals surface area contributed by atoms with Crippen LogP contribution < -0.4 is 8.42 Å². The van der Waals surface area contributed by atoms with Gasteiger partial charge in [-0.3, -0.25) is 0 Å². The third kappa shape index (κ3) is 4.16. The molecular formula is C24H22IrN4. The number of hydrogen-bond donors (Lipinski definition) is 0. The van der Waals surface area contributed by atoms with Crippen LogP contribution in [0.2, 0.25) is 0 Å². The Hall–Kier alpha value is -2.75. The van der Waals surface area contributed by atoms with Crippen LogP contribution in [-0.4, -0.2) is 19.9 Å². The van der Waals surface area contributed by atoms with E-state index in [1.165, 1.54) is 0 Å². The zero-order valence-electron chi connectivity index (χ0n) is 16.9. The molecule has 0 amide bonds. The van der Waals surface area contributed by atoms with Gasteiger partial charge in [0.05, 0.1) is 0 Å². The van der Waals surface area contributed by atoms with E-state index in [9.17, 15) is 0 Å². The summed E-state index contributed by atoms with van der Waals surface area (Å²) < 4.78 is 2.13. The summed E-state index contributed by atoms with van der Waals surface area (Å²) >= 11 is -0.770. The molecule has 0 unspecified atom stereocenters. The van der Waals surface area contributed by atoms with Gasteiger partial charge in [-0.25, -0.2) is 0 Å². The number of benzene rings is 2. The summed E-state index contributed by atoms with van der Waals surface area (Å²) in [6.45, 7) is 8.14. The van der Waals surface area contributed by atoms with Gasteiger partial charge in [0.2, 0.25) is 0 Å². The summed E-state index contributed by atoms with van der Waals surface area (Å²) in [4.78, 5) is 19.6. The average molecular weight is 559 g/mol. The van der Waals surface area contributed by atoms with Crippen molar-refractivity contribution in [3.8, 4) is 22.5 Å². The zero-order chi connectivity index (χ0) is 20.4. The Morgan fingerprint density at radius 1 is 0.483 bits per heavy atom. The molecule has 147 valence electrons. The second-order valence-electron chi connectivity index (χ2n) is 6.84. The molecule has 2 aromatic carbocycles. The van der Waals surface area contributed by atoms with Crippen LogP contribution in [0.25, 0.3) is 22.5 Å². The van der Waals surface area contributed by atoms with E-state index >= 15 is 0 Å². The molecule has 0 aliphatic heterocycles. The molecule has 4 aromatic rings. The number of aryl methyl sites for hydroxylation is 4. The Morgan fingerprint density at radius 2 is 0.862 bits per heavy atom. The van der Waals surface area contributed by atoms with E-state index < -0.39 is 17.7 Å². The zero-order valence-corrected chi connectivity index (χ0v) is 19.3. The first-order valence-corrected chi connectivity index (χ1v) is 11.8. The van der Waals surface area contributed by atoms with Crippen molar-refractivity contribution in [1.29, 1.82) is 0 Å². The van der Waals surface area contributed by atoms with Crippen LogP contribution >= 0.6 is 0 Å². The first kappa shape index (κ1) is 19.6. The van der Waals surface area contributed by atoms with Gasteiger partial charge in [0.25, 0.3) is 0 Å². The minimum absolute atomic E-state index is 0.770. The second kappa shape index (κ2) is 8.32. The summed E-state index contributed by atoms with van der Waals surface area (Å²) in [5.74, 6) is 0. The minimum atomic E-state index is -0.770. The van der Waals surface area contributed by atoms with Crippen LogP contribution in [0, 0.1) is 27.7 Å². The Kier molecular flexibility index (Phi) is 5.61. The molecule has 0 aliphatic carbocycles. The molecule has 0 saturated heterocycles. The van der Waals surface area contributed by atoms with Crippen molar-refractivity contribution in [1.82, 2.24) is 19.9 Å². The molecule has 0 radical (unpaired) electrons. The van der Waals surface area contributed by atoms with Crippen LogP contribution in [0.5, 0.6) is 0 Å². The van der Waals surface area contributed by atoms with Crippen molar-refractivity contribution in [2.24, 2.45) is 0 Å². The molecule has 5 heteroatoms. The fourth-order valence-corrected chi connectivity index (χ4v) is 5.65. The third-order valence-electron chi connectivity index (χ3n) is 4.58. The number of nitrogens with zero attached hydrogens (tertiary/aromatic N) is 4. The predicted molar refractivity (Wildman–Crippen MR) is 113 cm³/mol. The van der Waals surface area contributed by atoms with Gasteiger partial charge >= 0.3 is 180 Å². The first-order valence-electron chi connectivity index (χ1n) is 9.44. The standard InChI is InChI=1S/2C12H11N2.Ir/c2*1-9-8-13-12(10(2)14-9)11-6-4-3-5-7-11;/h2*3-7H,1-2H3;. The molecule has 0 spiro atoms. The molecule has 2 aromatic heterocycles. The van der Waals surface area contributed by atoms with E-state index in [-0.39, 0.29) is 0 Å². The van der Waals surface area contributed by atoms with Crippen LogP contribution in [0.1, 0.15) is 22.8 Å². The van der Waals surface area contributed by atoms with E-state index in [2.05, 4.69) is 24.3 Å². The van der Waals surface area contributed by atoms with Crippen molar-refractivity contribution in [2.45, 2.75) is 27.7 Å². The van der Waals surface area contributed by atoms with Crippen LogP contribution in [0.3, 0.4) is 0 Å². The van der Waals surface area contributed by atoms with E-state index in [0.717, 1.165) is 53.7 Å². The molecule has 4 rings (SSSR count). The van der Waals surface area contributed by atoms with Gasteiger partial charge in [-0.05, 0) is 0 Å². The topological polar surface area (TPSA) is 51.6 Å². The molecule has 29 heavy (non-hydrogen) atoms. The quantitative estimate of drug-likeness (QED) is 0.382. The number of aromatic nitrogens is 4. The normalized spacial score (nSPS) is 11.0. The van der Waals surface area contributed by atoms with Gasteiger partial charge < -0.3 is 0 Å².